The van der Waals surface area contributed by atoms with Crippen LogP contribution in [0.4, 0.5) is 5.69 Å². The molecule has 0 unspecified atom stereocenters. The van der Waals surface area contributed by atoms with Gasteiger partial charge in [-0.15, -0.1) is 0 Å². The summed E-state index contributed by atoms with van der Waals surface area (Å²) in [6.07, 6.45) is 0. The molecule has 3 aromatic rings. The highest BCUT2D eigenvalue weighted by Gasteiger charge is 2.13. The lowest BCUT2D eigenvalue weighted by atomic mass is 10.1. The smallest absolute Gasteiger partial charge is 0.269 e. The summed E-state index contributed by atoms with van der Waals surface area (Å²) in [6.45, 7) is 0.963. The molecule has 0 saturated heterocycles. The first-order valence-corrected chi connectivity index (χ1v) is 8.87. The maximum absolute atomic E-state index is 11.0. The van der Waals surface area contributed by atoms with E-state index in [0.717, 1.165) is 22.2 Å². The maximum Gasteiger partial charge on any atom is 0.269 e. The van der Waals surface area contributed by atoms with Crippen LogP contribution >= 0.6 is 23.2 Å². The average molecular weight is 406 g/mol. The van der Waals surface area contributed by atoms with E-state index in [0.29, 0.717) is 28.8 Å². The Labute approximate surface area is 166 Å². The first-order chi connectivity index (χ1) is 12.9. The molecule has 0 spiro atoms. The van der Waals surface area contributed by atoms with Crippen LogP contribution in [0.25, 0.3) is 10.9 Å². The van der Waals surface area contributed by atoms with E-state index in [-0.39, 0.29) is 5.69 Å². The fraction of sp³-hybridized carbons (Fsp3) is 0.211. The topological polar surface area (TPSA) is 68.5 Å². The zero-order chi connectivity index (χ0) is 19.6. The monoisotopic (exact) mass is 405 g/mol. The quantitative estimate of drug-likeness (QED) is 0.324. The van der Waals surface area contributed by atoms with E-state index in [1.54, 1.807) is 13.2 Å². The van der Waals surface area contributed by atoms with E-state index in [9.17, 15) is 10.1 Å². The Morgan fingerprint density at radius 3 is 2.56 bits per heavy atom. The molecular formula is C19H17Cl2N3O3. The second-order valence-electron chi connectivity index (χ2n) is 6.20. The molecule has 1 heterocycles. The van der Waals surface area contributed by atoms with Gasteiger partial charge in [0.05, 0.1) is 17.5 Å². The third-order valence-corrected chi connectivity index (χ3v) is 4.87. The van der Waals surface area contributed by atoms with Crippen molar-refractivity contribution in [1.29, 1.82) is 0 Å². The predicted molar refractivity (Wildman–Crippen MR) is 107 cm³/mol. The van der Waals surface area contributed by atoms with Crippen molar-refractivity contribution in [2.24, 2.45) is 0 Å². The molecule has 0 radical (unpaired) electrons. The summed E-state index contributed by atoms with van der Waals surface area (Å²) < 4.78 is 5.21. The summed E-state index contributed by atoms with van der Waals surface area (Å²) in [4.78, 5) is 17.0. The lowest BCUT2D eigenvalue weighted by Gasteiger charge is -2.18. The number of nitro benzene ring substituents is 1. The summed E-state index contributed by atoms with van der Waals surface area (Å²) in [6, 6.07) is 12.0. The number of nitro groups is 1. The largest absolute Gasteiger partial charge is 0.497 e. The Morgan fingerprint density at radius 2 is 1.85 bits per heavy atom. The highest BCUT2D eigenvalue weighted by Crippen LogP contribution is 2.27. The van der Waals surface area contributed by atoms with Crippen LogP contribution in [0.5, 0.6) is 5.75 Å². The highest BCUT2D eigenvalue weighted by atomic mass is 35.5. The van der Waals surface area contributed by atoms with Crippen LogP contribution < -0.4 is 4.74 Å². The summed E-state index contributed by atoms with van der Waals surface area (Å²) in [7, 11) is 3.49. The fourth-order valence-electron chi connectivity index (χ4n) is 2.84. The van der Waals surface area contributed by atoms with E-state index >= 15 is 0 Å². The second-order valence-corrected chi connectivity index (χ2v) is 6.97. The molecule has 0 amide bonds. The van der Waals surface area contributed by atoms with E-state index in [4.69, 9.17) is 27.9 Å². The van der Waals surface area contributed by atoms with Crippen molar-refractivity contribution in [3.63, 3.8) is 0 Å². The molecule has 3 rings (SSSR count). The number of benzene rings is 2. The van der Waals surface area contributed by atoms with Crippen molar-refractivity contribution in [2.75, 3.05) is 14.2 Å². The van der Waals surface area contributed by atoms with Crippen LogP contribution in [0.2, 0.25) is 10.2 Å². The molecule has 140 valence electrons. The van der Waals surface area contributed by atoms with Gasteiger partial charge in [-0.25, -0.2) is 4.98 Å². The van der Waals surface area contributed by atoms with Gasteiger partial charge in [0.1, 0.15) is 10.9 Å². The Kier molecular flexibility index (Phi) is 5.79. The first-order valence-electron chi connectivity index (χ1n) is 8.12. The van der Waals surface area contributed by atoms with Crippen molar-refractivity contribution >= 4 is 39.8 Å². The number of methoxy groups -OCH3 is 1. The number of halogens is 2. The number of nitrogens with zero attached hydrogens (tertiary/aromatic N) is 3. The van der Waals surface area contributed by atoms with Crippen molar-refractivity contribution < 1.29 is 9.66 Å². The van der Waals surface area contributed by atoms with Gasteiger partial charge in [0.15, 0.2) is 0 Å². The summed E-state index contributed by atoms with van der Waals surface area (Å²) in [5.74, 6) is 0.719. The molecular weight excluding hydrogens is 389 g/mol. The standard InChI is InChI=1S/C19H17Cl2N3O3/c1-23(10-13-8-15(24(25)26)4-6-17(13)20)11-14-7-12-3-5-16(27-2)9-18(12)22-19(14)21/h3-9H,10-11H2,1-2H3. The summed E-state index contributed by atoms with van der Waals surface area (Å²) in [5.41, 5.74) is 2.32. The molecule has 8 heteroatoms. The number of ether oxygens (including phenoxy) is 1. The van der Waals surface area contributed by atoms with Gasteiger partial charge in [0.25, 0.3) is 5.69 Å². The number of hydrogen-bond acceptors (Lipinski definition) is 5. The van der Waals surface area contributed by atoms with Crippen molar-refractivity contribution in [3.05, 3.63) is 73.9 Å². The van der Waals surface area contributed by atoms with Crippen molar-refractivity contribution in [2.45, 2.75) is 13.1 Å². The number of pyridine rings is 1. The zero-order valence-electron chi connectivity index (χ0n) is 14.8. The fourth-order valence-corrected chi connectivity index (χ4v) is 3.22. The molecule has 27 heavy (non-hydrogen) atoms. The average Bonchev–Trinajstić information content (AvgIpc) is 2.63. The summed E-state index contributed by atoms with van der Waals surface area (Å²) in [5, 5.41) is 12.8. The molecule has 0 atom stereocenters. The number of non-ortho nitro benzene ring substituents is 1. The minimum Gasteiger partial charge on any atom is -0.497 e. The van der Waals surface area contributed by atoms with Gasteiger partial charge in [0, 0.05) is 47.3 Å². The van der Waals surface area contributed by atoms with Crippen LogP contribution in [0.3, 0.4) is 0 Å². The first kappa shape index (κ1) is 19.4. The molecule has 0 saturated carbocycles. The third kappa shape index (κ3) is 4.47. The van der Waals surface area contributed by atoms with Gasteiger partial charge in [-0.1, -0.05) is 23.2 Å². The molecule has 0 fully saturated rings. The molecule has 1 aromatic heterocycles. The minimum atomic E-state index is -0.432. The molecule has 0 aliphatic heterocycles. The van der Waals surface area contributed by atoms with Crippen LogP contribution in [0, 0.1) is 10.1 Å². The Hall–Kier alpha value is -2.41. The Bertz CT molecular complexity index is 1010. The van der Waals surface area contributed by atoms with Crippen LogP contribution in [0.15, 0.2) is 42.5 Å². The van der Waals surface area contributed by atoms with E-state index in [2.05, 4.69) is 4.98 Å². The van der Waals surface area contributed by atoms with E-state index in [1.807, 2.05) is 36.2 Å². The van der Waals surface area contributed by atoms with E-state index < -0.39 is 4.92 Å². The lowest BCUT2D eigenvalue weighted by Crippen LogP contribution is -2.18. The number of fused-ring (bicyclic) bond motifs is 1. The van der Waals surface area contributed by atoms with Gasteiger partial charge in [0.2, 0.25) is 0 Å². The maximum atomic E-state index is 11.0. The molecule has 0 bridgehead atoms. The van der Waals surface area contributed by atoms with Crippen LogP contribution in [-0.4, -0.2) is 29.0 Å². The zero-order valence-corrected chi connectivity index (χ0v) is 16.3. The predicted octanol–water partition coefficient (Wildman–Crippen LogP) is 5.09. The number of hydrogen-bond donors (Lipinski definition) is 0. The van der Waals surface area contributed by atoms with Gasteiger partial charge in [-0.3, -0.25) is 15.0 Å². The minimum absolute atomic E-state index is 0.0159. The highest BCUT2D eigenvalue weighted by molar-refractivity contribution is 6.31. The third-order valence-electron chi connectivity index (χ3n) is 4.17. The van der Waals surface area contributed by atoms with Gasteiger partial charge < -0.3 is 4.74 Å². The molecule has 2 aromatic carbocycles. The second kappa shape index (κ2) is 8.08. The van der Waals surface area contributed by atoms with E-state index in [1.165, 1.54) is 12.1 Å². The molecule has 0 N–H and O–H groups in total. The number of aromatic nitrogens is 1. The van der Waals surface area contributed by atoms with Crippen LogP contribution in [-0.2, 0) is 13.1 Å². The van der Waals surface area contributed by atoms with Gasteiger partial charge in [-0.2, -0.15) is 0 Å². The van der Waals surface area contributed by atoms with Gasteiger partial charge >= 0.3 is 0 Å². The molecule has 0 aliphatic carbocycles. The van der Waals surface area contributed by atoms with Gasteiger partial charge in [-0.05, 0) is 36.9 Å². The molecule has 6 nitrogen and oxygen atoms in total. The Morgan fingerprint density at radius 1 is 1.11 bits per heavy atom. The lowest BCUT2D eigenvalue weighted by molar-refractivity contribution is -0.384. The van der Waals surface area contributed by atoms with Crippen molar-refractivity contribution in [1.82, 2.24) is 9.88 Å². The normalized spacial score (nSPS) is 11.1. The molecule has 0 aliphatic rings. The van der Waals surface area contributed by atoms with Crippen LogP contribution in [0.1, 0.15) is 11.1 Å². The SMILES string of the molecule is COc1ccc2cc(CN(C)Cc3cc([N+](=O)[O-])ccc3Cl)c(Cl)nc2c1. The van der Waals surface area contributed by atoms with Crippen molar-refractivity contribution in [3.8, 4) is 5.75 Å². The summed E-state index contributed by atoms with van der Waals surface area (Å²) >= 11 is 12.5. The Balaban J connectivity index is 1.81. The number of rotatable bonds is 6.